The van der Waals surface area contributed by atoms with Crippen LogP contribution in [0.3, 0.4) is 0 Å². The molecular formula is C51H53ClFN7O7S2. The van der Waals surface area contributed by atoms with Crippen molar-refractivity contribution in [3.8, 4) is 33.4 Å². The number of anilines is 2. The summed E-state index contributed by atoms with van der Waals surface area (Å²) in [6.45, 7) is 9.39. The molecule has 14 nitrogen and oxygen atoms in total. The van der Waals surface area contributed by atoms with E-state index in [1.54, 1.807) is 55.9 Å². The van der Waals surface area contributed by atoms with Gasteiger partial charge < -0.3 is 35.0 Å². The number of rotatable bonds is 17. The molecule has 2 saturated heterocycles. The van der Waals surface area contributed by atoms with Crippen LogP contribution in [0, 0.1) is 22.6 Å². The van der Waals surface area contributed by atoms with Crippen molar-refractivity contribution in [3.63, 3.8) is 0 Å². The number of benzene rings is 4. The minimum absolute atomic E-state index is 0.0293. The van der Waals surface area contributed by atoms with Gasteiger partial charge in [0, 0.05) is 32.3 Å². The van der Waals surface area contributed by atoms with Gasteiger partial charge in [-0.3, -0.25) is 29.1 Å². The van der Waals surface area contributed by atoms with Gasteiger partial charge in [-0.25, -0.2) is 4.39 Å². The number of ether oxygens (including phenoxy) is 2. The maximum atomic E-state index is 15.9. The Morgan fingerprint density at radius 1 is 1.01 bits per heavy atom. The van der Waals surface area contributed by atoms with E-state index in [-0.39, 0.29) is 65.9 Å². The Bertz CT molecular complexity index is 2740. The molecular weight excluding hydrogens is 941 g/mol. The zero-order valence-corrected chi connectivity index (χ0v) is 41.2. The molecule has 1 unspecified atom stereocenters. The number of nitrogens with zero attached hydrogens (tertiary/aromatic N) is 5. The van der Waals surface area contributed by atoms with Crippen LogP contribution in [0.2, 0.25) is 5.02 Å². The number of likely N-dealkylation sites (tertiary alicyclic amines) is 1. The second-order valence-electron chi connectivity index (χ2n) is 18.4. The van der Waals surface area contributed by atoms with Gasteiger partial charge in [0.05, 0.1) is 45.1 Å². The summed E-state index contributed by atoms with van der Waals surface area (Å²) in [5.74, 6) is -1.65. The summed E-state index contributed by atoms with van der Waals surface area (Å²) in [5, 5.41) is 25.8. The topological polar surface area (TPSA) is 177 Å². The third kappa shape index (κ3) is 11.6. The van der Waals surface area contributed by atoms with E-state index in [9.17, 15) is 29.5 Å². The summed E-state index contributed by atoms with van der Waals surface area (Å²) in [4.78, 5) is 63.3. The number of nitrogens with one attached hydrogen (secondary N) is 2. The molecule has 4 amide bonds. The first-order chi connectivity index (χ1) is 32.9. The normalized spacial score (nSPS) is 17.2. The van der Waals surface area contributed by atoms with Crippen molar-refractivity contribution in [3.05, 3.63) is 119 Å². The minimum atomic E-state index is -1.22. The maximum Gasteiger partial charge on any atom is 0.259 e. The van der Waals surface area contributed by atoms with Crippen LogP contribution in [-0.4, -0.2) is 93.8 Å². The van der Waals surface area contributed by atoms with Gasteiger partial charge in [-0.15, -0.1) is 11.3 Å². The lowest BCUT2D eigenvalue weighted by atomic mass is 9.85. The molecule has 69 heavy (non-hydrogen) atoms. The summed E-state index contributed by atoms with van der Waals surface area (Å²) in [6.07, 6.45) is 2.22. The van der Waals surface area contributed by atoms with E-state index in [0.717, 1.165) is 21.6 Å². The second-order valence-corrected chi connectivity index (χ2v) is 20.1. The number of carbonyl (C=O) groups is 4. The Morgan fingerprint density at radius 3 is 2.36 bits per heavy atom. The van der Waals surface area contributed by atoms with Gasteiger partial charge in [0.25, 0.3) is 5.91 Å². The number of aliphatic hydroxyl groups excluding tert-OH is 1. The van der Waals surface area contributed by atoms with Crippen LogP contribution in [0.1, 0.15) is 65.0 Å². The summed E-state index contributed by atoms with van der Waals surface area (Å²) in [7, 11) is 0. The number of thiocarbonyl (C=S) groups is 1. The van der Waals surface area contributed by atoms with Gasteiger partial charge in [0.2, 0.25) is 17.7 Å². The molecule has 5 aromatic rings. The molecule has 2 aliphatic heterocycles. The van der Waals surface area contributed by atoms with Crippen molar-refractivity contribution in [2.24, 2.45) is 5.41 Å². The first-order valence-electron chi connectivity index (χ1n) is 22.4. The molecule has 7 rings (SSSR count). The lowest BCUT2D eigenvalue weighted by Crippen LogP contribution is -2.58. The molecule has 2 aliphatic rings. The maximum absolute atomic E-state index is 15.9. The average Bonchev–Trinajstić information content (AvgIpc) is 4.04. The zero-order chi connectivity index (χ0) is 49.6. The van der Waals surface area contributed by atoms with Crippen molar-refractivity contribution in [1.29, 1.82) is 5.26 Å². The van der Waals surface area contributed by atoms with E-state index >= 15 is 4.39 Å². The highest BCUT2D eigenvalue weighted by Gasteiger charge is 2.51. The fourth-order valence-electron chi connectivity index (χ4n) is 8.21. The fraction of sp³-hybridized carbons (Fsp3) is 0.353. The van der Waals surface area contributed by atoms with Gasteiger partial charge in [-0.2, -0.15) is 5.26 Å². The predicted molar refractivity (Wildman–Crippen MR) is 267 cm³/mol. The van der Waals surface area contributed by atoms with E-state index in [1.807, 2.05) is 63.2 Å². The number of aromatic nitrogens is 1. The molecule has 18 heteroatoms. The van der Waals surface area contributed by atoms with Crippen molar-refractivity contribution in [2.75, 3.05) is 36.2 Å². The number of halogens is 2. The van der Waals surface area contributed by atoms with Crippen molar-refractivity contribution >= 4 is 75.3 Å². The Balaban J connectivity index is 0.842. The minimum Gasteiger partial charge on any atom is -0.494 e. The van der Waals surface area contributed by atoms with Gasteiger partial charge in [0.15, 0.2) is 5.11 Å². The van der Waals surface area contributed by atoms with Gasteiger partial charge in [-0.05, 0) is 109 Å². The first-order valence-corrected chi connectivity index (χ1v) is 24.1. The molecule has 1 aromatic heterocycles. The summed E-state index contributed by atoms with van der Waals surface area (Å²) in [6, 6.07) is 24.4. The predicted octanol–water partition coefficient (Wildman–Crippen LogP) is 8.04. The highest BCUT2D eigenvalue weighted by atomic mass is 35.5. The molecule has 2 fully saturated rings. The van der Waals surface area contributed by atoms with Crippen LogP contribution in [-0.2, 0) is 30.5 Å². The number of aliphatic hydroxyl groups is 1. The second kappa shape index (κ2) is 21.6. The van der Waals surface area contributed by atoms with Crippen LogP contribution in [0.4, 0.5) is 15.8 Å². The Hall–Kier alpha value is -6.29. The summed E-state index contributed by atoms with van der Waals surface area (Å²) in [5.41, 5.74) is 3.85. The number of nitriles is 1. The standard InChI is InChI=1S/C51H53ClFN7O7S2/c1-50(2,3)45(47(64)58-28-37(61)24-42(58)46(63)56-26-31-8-10-33(11-9-31)43-27-55-30-69-43)57-44(62)29-66-20-6-7-21-67-38-17-13-32(14-18-38)34-15-19-41(40(53)22-34)60-49(68)59(48(65)51(60,4)5)36-16-12-35(25-54)39(52)23-36/h8-19,22-23,27,30,37,42,45,61H,6-7,20-21,24,26,28-29H2,1-5H3,(H,56,63)(H,57,62)/t37-,42+,45?/m1/s1. The van der Waals surface area contributed by atoms with E-state index in [1.165, 1.54) is 44.2 Å². The van der Waals surface area contributed by atoms with Crippen LogP contribution in [0.25, 0.3) is 21.6 Å². The highest BCUT2D eigenvalue weighted by molar-refractivity contribution is 7.81. The van der Waals surface area contributed by atoms with Crippen LogP contribution < -0.4 is 25.2 Å². The Kier molecular flexibility index (Phi) is 15.8. The first kappa shape index (κ1) is 50.6. The lowest BCUT2D eigenvalue weighted by Gasteiger charge is -2.35. The number of thiazole rings is 1. The molecule has 0 saturated carbocycles. The van der Waals surface area contributed by atoms with Crippen LogP contribution in [0.5, 0.6) is 5.75 Å². The van der Waals surface area contributed by atoms with Gasteiger partial charge >= 0.3 is 0 Å². The molecule has 4 aromatic carbocycles. The molecule has 3 N–H and O–H groups in total. The van der Waals surface area contributed by atoms with E-state index < -0.39 is 46.8 Å². The summed E-state index contributed by atoms with van der Waals surface area (Å²) < 4.78 is 27.5. The van der Waals surface area contributed by atoms with E-state index in [4.69, 9.17) is 33.3 Å². The number of hydrogen-bond donors (Lipinski definition) is 3. The number of carbonyl (C=O) groups excluding carboxylic acids is 4. The number of amides is 4. The number of unbranched alkanes of at least 4 members (excludes halogenated alkanes) is 1. The average molecular weight is 995 g/mol. The molecule has 0 spiro atoms. The monoisotopic (exact) mass is 993 g/mol. The Labute approximate surface area is 415 Å². The third-order valence-corrected chi connectivity index (χ3v) is 13.5. The third-order valence-electron chi connectivity index (χ3n) is 12.0. The Morgan fingerprint density at radius 2 is 1.71 bits per heavy atom. The van der Waals surface area contributed by atoms with Gasteiger partial charge in [-0.1, -0.05) is 74.8 Å². The molecule has 3 atom stereocenters. The molecule has 0 aliphatic carbocycles. The van der Waals surface area contributed by atoms with Crippen molar-refractivity contribution in [1.82, 2.24) is 20.5 Å². The summed E-state index contributed by atoms with van der Waals surface area (Å²) >= 11 is 13.5. The SMILES string of the molecule is CC(C)(C)C(NC(=O)COCCCCOc1ccc(-c2ccc(N3C(=S)N(c4ccc(C#N)c(Cl)c4)C(=O)C3(C)C)c(F)c2)cc1)C(=O)N1C[C@H](O)C[C@H]1C(=O)NCc1ccc(-c2cncs2)cc1. The molecule has 3 heterocycles. The largest absolute Gasteiger partial charge is 0.494 e. The van der Waals surface area contributed by atoms with Crippen LogP contribution >= 0.6 is 35.2 Å². The van der Waals surface area contributed by atoms with Crippen LogP contribution in [0.15, 0.2) is 96.6 Å². The van der Waals surface area contributed by atoms with E-state index in [2.05, 4.69) is 15.6 Å². The van der Waals surface area contributed by atoms with Gasteiger partial charge in [0.1, 0.15) is 41.9 Å². The fourth-order valence-corrected chi connectivity index (χ4v) is 9.57. The highest BCUT2D eigenvalue weighted by Crippen LogP contribution is 2.40. The van der Waals surface area contributed by atoms with Crippen molar-refractivity contribution in [2.45, 2.75) is 84.2 Å². The molecule has 0 bridgehead atoms. The zero-order valence-electron chi connectivity index (χ0n) is 38.8. The number of hydrogen-bond acceptors (Lipinski definition) is 11. The lowest BCUT2D eigenvalue weighted by molar-refractivity contribution is -0.144. The van der Waals surface area contributed by atoms with Crippen molar-refractivity contribution < 1.29 is 38.1 Å². The molecule has 360 valence electrons. The molecule has 0 radical (unpaired) electrons. The smallest absolute Gasteiger partial charge is 0.259 e. The number of β-amino-alcohol motifs (C(OH)–C–C–N with tert-alkyl or cyclic N) is 1. The quantitative estimate of drug-likeness (QED) is 0.0607. The van der Waals surface area contributed by atoms with E-state index in [0.29, 0.717) is 36.4 Å².